The van der Waals surface area contributed by atoms with E-state index in [1.165, 1.54) is 0 Å². The Morgan fingerprint density at radius 2 is 2.31 bits per heavy atom. The van der Waals surface area contributed by atoms with Gasteiger partial charge in [0.15, 0.2) is 0 Å². The van der Waals surface area contributed by atoms with Crippen molar-refractivity contribution < 1.29 is 4.84 Å². The van der Waals surface area contributed by atoms with Crippen LogP contribution in [0.4, 0.5) is 0 Å². The van der Waals surface area contributed by atoms with E-state index in [-0.39, 0.29) is 0 Å². The number of nitrogens with one attached hydrogen (secondary N) is 1. The van der Waals surface area contributed by atoms with Crippen LogP contribution in [0.15, 0.2) is 24.4 Å². The molecule has 68 valence electrons. The molecule has 4 heteroatoms. The maximum Gasteiger partial charge on any atom is 0.0951 e. The molecule has 0 bridgehead atoms. The highest BCUT2D eigenvalue weighted by atomic mass is 35.5. The minimum atomic E-state index is 0.365. The normalized spacial score (nSPS) is 10.9. The molecule has 3 nitrogen and oxygen atoms in total. The topological polar surface area (TPSA) is 51.0 Å². The Labute approximate surface area is 80.4 Å². The van der Waals surface area contributed by atoms with Crippen LogP contribution in [0.2, 0.25) is 5.02 Å². The fraction of sp³-hybridized carbons (Fsp3) is 0.111. The summed E-state index contributed by atoms with van der Waals surface area (Å²) in [4.78, 5) is 7.66. The van der Waals surface area contributed by atoms with Gasteiger partial charge in [0.2, 0.25) is 0 Å². The van der Waals surface area contributed by atoms with Gasteiger partial charge in [-0.15, -0.1) is 0 Å². The molecular formula is C9H9ClN2O. The van der Waals surface area contributed by atoms with E-state index < -0.39 is 0 Å². The number of aromatic nitrogens is 1. The Morgan fingerprint density at radius 1 is 1.46 bits per heavy atom. The maximum absolute atomic E-state index is 6.02. The largest absolute Gasteiger partial charge is 0.361 e. The first-order valence-electron chi connectivity index (χ1n) is 3.89. The zero-order chi connectivity index (χ0) is 9.26. The smallest absolute Gasteiger partial charge is 0.0951 e. The van der Waals surface area contributed by atoms with E-state index in [1.54, 1.807) is 0 Å². The number of nitrogens with two attached hydrogens (primary N) is 1. The fourth-order valence-electron chi connectivity index (χ4n) is 1.41. The van der Waals surface area contributed by atoms with E-state index in [0.717, 1.165) is 16.5 Å². The summed E-state index contributed by atoms with van der Waals surface area (Å²) >= 11 is 6.02. The summed E-state index contributed by atoms with van der Waals surface area (Å²) in [5.74, 6) is 5.00. The van der Waals surface area contributed by atoms with Crippen LogP contribution in [0.5, 0.6) is 0 Å². The highest BCUT2D eigenvalue weighted by Crippen LogP contribution is 2.26. The maximum atomic E-state index is 6.02. The van der Waals surface area contributed by atoms with E-state index in [4.69, 9.17) is 17.5 Å². The summed E-state index contributed by atoms with van der Waals surface area (Å²) in [6, 6.07) is 5.70. The fourth-order valence-corrected chi connectivity index (χ4v) is 1.71. The molecule has 2 aromatic rings. The molecule has 0 saturated heterocycles. The lowest BCUT2D eigenvalue weighted by molar-refractivity contribution is 0.125. The van der Waals surface area contributed by atoms with Gasteiger partial charge in [-0.05, 0) is 12.1 Å². The zero-order valence-corrected chi connectivity index (χ0v) is 7.64. The molecule has 0 aliphatic carbocycles. The van der Waals surface area contributed by atoms with Crippen molar-refractivity contribution in [1.82, 2.24) is 4.98 Å². The molecule has 1 aromatic carbocycles. The minimum Gasteiger partial charge on any atom is -0.361 e. The van der Waals surface area contributed by atoms with E-state index in [0.29, 0.717) is 11.6 Å². The second kappa shape index (κ2) is 3.38. The molecule has 0 amide bonds. The van der Waals surface area contributed by atoms with Crippen LogP contribution in [0.1, 0.15) is 5.56 Å². The molecular weight excluding hydrogens is 188 g/mol. The Hall–Kier alpha value is -1.03. The summed E-state index contributed by atoms with van der Waals surface area (Å²) in [5, 5.41) is 1.69. The number of halogens is 1. The van der Waals surface area contributed by atoms with Crippen LogP contribution < -0.4 is 5.90 Å². The van der Waals surface area contributed by atoms with Crippen LogP contribution in [0.25, 0.3) is 10.9 Å². The monoisotopic (exact) mass is 196 g/mol. The summed E-state index contributed by atoms with van der Waals surface area (Å²) < 4.78 is 0. The average Bonchev–Trinajstić information content (AvgIpc) is 2.51. The number of aromatic amines is 1. The standard InChI is InChI=1S/C9H9ClN2O/c10-7-2-1-3-8-9(7)6(4-12-8)5-13-11/h1-4,12H,5,11H2. The van der Waals surface area contributed by atoms with Crippen molar-refractivity contribution in [2.45, 2.75) is 6.61 Å². The van der Waals surface area contributed by atoms with Crippen molar-refractivity contribution in [2.24, 2.45) is 5.90 Å². The number of H-pyrrole nitrogens is 1. The minimum absolute atomic E-state index is 0.365. The summed E-state index contributed by atoms with van der Waals surface area (Å²) in [6.07, 6.45) is 1.85. The van der Waals surface area contributed by atoms with Gasteiger partial charge in [-0.1, -0.05) is 17.7 Å². The first kappa shape index (κ1) is 8.56. The van der Waals surface area contributed by atoms with Crippen molar-refractivity contribution in [1.29, 1.82) is 0 Å². The molecule has 0 unspecified atom stereocenters. The molecule has 0 radical (unpaired) electrons. The molecule has 1 aromatic heterocycles. The lowest BCUT2D eigenvalue weighted by atomic mass is 10.2. The number of hydrogen-bond acceptors (Lipinski definition) is 2. The van der Waals surface area contributed by atoms with Crippen molar-refractivity contribution in [3.63, 3.8) is 0 Å². The van der Waals surface area contributed by atoms with Crippen molar-refractivity contribution in [2.75, 3.05) is 0 Å². The van der Waals surface area contributed by atoms with Crippen LogP contribution in [0.3, 0.4) is 0 Å². The number of rotatable bonds is 2. The van der Waals surface area contributed by atoms with Crippen LogP contribution >= 0.6 is 11.6 Å². The number of fused-ring (bicyclic) bond motifs is 1. The van der Waals surface area contributed by atoms with Crippen LogP contribution in [-0.2, 0) is 11.4 Å². The Bertz CT molecular complexity index is 424. The van der Waals surface area contributed by atoms with Gasteiger partial charge in [0.25, 0.3) is 0 Å². The number of benzene rings is 1. The Balaban J connectivity index is 2.64. The third-order valence-electron chi connectivity index (χ3n) is 1.98. The van der Waals surface area contributed by atoms with Gasteiger partial charge in [0.1, 0.15) is 0 Å². The van der Waals surface area contributed by atoms with Gasteiger partial charge in [0.05, 0.1) is 11.6 Å². The lowest BCUT2D eigenvalue weighted by Gasteiger charge is -1.97. The second-order valence-corrected chi connectivity index (χ2v) is 3.19. The average molecular weight is 197 g/mol. The van der Waals surface area contributed by atoms with Crippen molar-refractivity contribution >= 4 is 22.5 Å². The van der Waals surface area contributed by atoms with Gasteiger partial charge in [-0.3, -0.25) is 4.84 Å². The summed E-state index contributed by atoms with van der Waals surface area (Å²) in [6.45, 7) is 0.365. The van der Waals surface area contributed by atoms with Crippen molar-refractivity contribution in [3.8, 4) is 0 Å². The molecule has 1 heterocycles. The van der Waals surface area contributed by atoms with E-state index in [2.05, 4.69) is 9.82 Å². The molecule has 2 rings (SSSR count). The quantitative estimate of drug-likeness (QED) is 0.724. The zero-order valence-electron chi connectivity index (χ0n) is 6.88. The Kier molecular flexibility index (Phi) is 2.22. The third kappa shape index (κ3) is 1.42. The summed E-state index contributed by atoms with van der Waals surface area (Å²) in [7, 11) is 0. The van der Waals surface area contributed by atoms with Gasteiger partial charge in [0, 0.05) is 22.7 Å². The second-order valence-electron chi connectivity index (χ2n) is 2.79. The van der Waals surface area contributed by atoms with Gasteiger partial charge < -0.3 is 4.98 Å². The van der Waals surface area contributed by atoms with Gasteiger partial charge >= 0.3 is 0 Å². The first-order chi connectivity index (χ1) is 6.33. The van der Waals surface area contributed by atoms with Gasteiger partial charge in [-0.2, -0.15) is 0 Å². The molecule has 0 aliphatic rings. The highest BCUT2D eigenvalue weighted by molar-refractivity contribution is 6.35. The van der Waals surface area contributed by atoms with Gasteiger partial charge in [-0.25, -0.2) is 5.90 Å². The van der Waals surface area contributed by atoms with E-state index >= 15 is 0 Å². The molecule has 0 aliphatic heterocycles. The molecule has 0 spiro atoms. The molecule has 0 atom stereocenters. The van der Waals surface area contributed by atoms with E-state index in [1.807, 2.05) is 24.4 Å². The third-order valence-corrected chi connectivity index (χ3v) is 2.29. The lowest BCUT2D eigenvalue weighted by Crippen LogP contribution is -1.97. The molecule has 13 heavy (non-hydrogen) atoms. The first-order valence-corrected chi connectivity index (χ1v) is 4.27. The predicted molar refractivity (Wildman–Crippen MR) is 52.3 cm³/mol. The van der Waals surface area contributed by atoms with Crippen LogP contribution in [0, 0.1) is 0 Å². The van der Waals surface area contributed by atoms with E-state index in [9.17, 15) is 0 Å². The predicted octanol–water partition coefficient (Wildman–Crippen LogP) is 2.21. The molecule has 0 fully saturated rings. The van der Waals surface area contributed by atoms with Crippen LogP contribution in [-0.4, -0.2) is 4.98 Å². The molecule has 3 N–H and O–H groups in total. The Morgan fingerprint density at radius 3 is 3.08 bits per heavy atom. The van der Waals surface area contributed by atoms with Crippen molar-refractivity contribution in [3.05, 3.63) is 35.0 Å². The molecule has 0 saturated carbocycles. The SMILES string of the molecule is NOCc1c[nH]c2cccc(Cl)c12. The number of hydrogen-bond donors (Lipinski definition) is 2. The summed E-state index contributed by atoms with van der Waals surface area (Å²) in [5.41, 5.74) is 1.97. The highest BCUT2D eigenvalue weighted by Gasteiger charge is 2.06.